The first kappa shape index (κ1) is 26.1. The molecule has 1 aliphatic heterocycles. The highest BCUT2D eigenvalue weighted by Gasteiger charge is 2.39. The zero-order valence-electron chi connectivity index (χ0n) is 20.0. The number of piperidine rings is 1. The molecule has 172 valence electrons. The summed E-state index contributed by atoms with van der Waals surface area (Å²) in [6.07, 6.45) is 4.52. The molecule has 1 saturated heterocycles. The van der Waals surface area contributed by atoms with Crippen molar-refractivity contribution in [2.24, 2.45) is 11.3 Å². The van der Waals surface area contributed by atoms with Gasteiger partial charge in [-0.15, -0.1) is 0 Å². The van der Waals surface area contributed by atoms with Gasteiger partial charge in [0, 0.05) is 12.6 Å². The lowest BCUT2D eigenvalue weighted by Crippen LogP contribution is -2.60. The minimum atomic E-state index is -1.00. The molecule has 0 aromatic rings. The molecule has 30 heavy (non-hydrogen) atoms. The molecule has 0 aromatic carbocycles. The van der Waals surface area contributed by atoms with Crippen LogP contribution in [-0.2, 0) is 14.4 Å². The van der Waals surface area contributed by atoms with Crippen LogP contribution in [0.25, 0.3) is 0 Å². The van der Waals surface area contributed by atoms with E-state index in [9.17, 15) is 19.5 Å². The lowest BCUT2D eigenvalue weighted by atomic mass is 9.84. The Morgan fingerprint density at radius 3 is 2.30 bits per heavy atom. The van der Waals surface area contributed by atoms with E-state index in [1.807, 2.05) is 34.6 Å². The van der Waals surface area contributed by atoms with E-state index in [1.165, 1.54) is 6.92 Å². The van der Waals surface area contributed by atoms with Gasteiger partial charge in [0.05, 0.1) is 12.1 Å². The number of nitrogens with zero attached hydrogens (tertiary/aromatic N) is 2. The van der Waals surface area contributed by atoms with Crippen LogP contribution in [0.2, 0.25) is 0 Å². The Morgan fingerprint density at radius 1 is 1.23 bits per heavy atom. The fraction of sp³-hybridized carbons (Fsp3) is 0.783. The van der Waals surface area contributed by atoms with Crippen LogP contribution < -0.4 is 5.32 Å². The van der Waals surface area contributed by atoms with Crippen molar-refractivity contribution in [1.29, 1.82) is 0 Å². The van der Waals surface area contributed by atoms with Crippen molar-refractivity contribution < 1.29 is 19.5 Å². The van der Waals surface area contributed by atoms with E-state index < -0.39 is 17.4 Å². The molecule has 1 rings (SSSR count). The number of carboxylic acid groups (broad SMARTS) is 1. The van der Waals surface area contributed by atoms with Crippen molar-refractivity contribution in [3.63, 3.8) is 0 Å². The third-order valence-corrected chi connectivity index (χ3v) is 5.96. The summed E-state index contributed by atoms with van der Waals surface area (Å²) < 4.78 is 0. The highest BCUT2D eigenvalue weighted by molar-refractivity contribution is 5.91. The standard InChI is InChI=1S/C23H41N3O4/c1-9-26-13-11-10-12-17(26)20(27)24-19(23(5,6)7)21(28)25(8)18(15(2)3)14-16(4)22(29)30/h14-15,17-19H,9-13H2,1-8H3,(H,24,27)(H,29,30)/b16-14+/t17?,18-,19?/m1/s1. The van der Waals surface area contributed by atoms with Crippen LogP contribution >= 0.6 is 0 Å². The number of carbonyl (C=O) groups is 3. The van der Waals surface area contributed by atoms with Crippen LogP contribution in [0, 0.1) is 11.3 Å². The second-order valence-corrected chi connectivity index (χ2v) is 9.79. The summed E-state index contributed by atoms with van der Waals surface area (Å²) in [7, 11) is 1.68. The largest absolute Gasteiger partial charge is 0.478 e. The SMILES string of the molecule is CCN1CCCCC1C(=O)NC(C(=O)N(C)[C@H](/C=C(\C)C(=O)O)C(C)C)C(C)(C)C. The van der Waals surface area contributed by atoms with Gasteiger partial charge in [-0.05, 0) is 44.2 Å². The predicted molar refractivity (Wildman–Crippen MR) is 119 cm³/mol. The molecule has 3 atom stereocenters. The third-order valence-electron chi connectivity index (χ3n) is 5.96. The number of likely N-dealkylation sites (tertiary alicyclic amines) is 1. The summed E-state index contributed by atoms with van der Waals surface area (Å²) >= 11 is 0. The topological polar surface area (TPSA) is 90.0 Å². The molecule has 0 aromatic heterocycles. The Bertz CT molecular complexity index is 651. The minimum Gasteiger partial charge on any atom is -0.478 e. The molecule has 0 saturated carbocycles. The molecule has 2 amide bonds. The summed E-state index contributed by atoms with van der Waals surface area (Å²) in [5.74, 6) is -1.28. The summed E-state index contributed by atoms with van der Waals surface area (Å²) in [5.41, 5.74) is -0.287. The molecular formula is C23H41N3O4. The average Bonchev–Trinajstić information content (AvgIpc) is 2.67. The molecule has 0 spiro atoms. The van der Waals surface area contributed by atoms with Gasteiger partial charge in [0.2, 0.25) is 11.8 Å². The lowest BCUT2D eigenvalue weighted by molar-refractivity contribution is -0.141. The van der Waals surface area contributed by atoms with Crippen LogP contribution in [0.3, 0.4) is 0 Å². The molecule has 1 aliphatic rings. The van der Waals surface area contributed by atoms with E-state index in [1.54, 1.807) is 18.0 Å². The number of hydrogen-bond acceptors (Lipinski definition) is 4. The van der Waals surface area contributed by atoms with Gasteiger partial charge in [-0.2, -0.15) is 0 Å². The molecule has 0 aliphatic carbocycles. The van der Waals surface area contributed by atoms with Crippen molar-refractivity contribution in [2.45, 2.75) is 85.9 Å². The zero-order valence-corrected chi connectivity index (χ0v) is 20.0. The Balaban J connectivity index is 3.12. The second-order valence-electron chi connectivity index (χ2n) is 9.79. The molecule has 0 radical (unpaired) electrons. The fourth-order valence-electron chi connectivity index (χ4n) is 3.98. The van der Waals surface area contributed by atoms with Crippen LogP contribution in [0.15, 0.2) is 11.6 Å². The van der Waals surface area contributed by atoms with E-state index in [2.05, 4.69) is 17.1 Å². The molecular weight excluding hydrogens is 382 g/mol. The third kappa shape index (κ3) is 6.83. The van der Waals surface area contributed by atoms with Crippen LogP contribution in [-0.4, -0.2) is 71.0 Å². The maximum atomic E-state index is 13.5. The van der Waals surface area contributed by atoms with E-state index >= 15 is 0 Å². The van der Waals surface area contributed by atoms with Gasteiger partial charge in [-0.1, -0.05) is 54.0 Å². The molecule has 2 unspecified atom stereocenters. The van der Waals surface area contributed by atoms with Gasteiger partial charge in [0.15, 0.2) is 0 Å². The second kappa shape index (κ2) is 10.9. The highest BCUT2D eigenvalue weighted by Crippen LogP contribution is 2.25. The van der Waals surface area contributed by atoms with Gasteiger partial charge < -0.3 is 15.3 Å². The molecule has 7 nitrogen and oxygen atoms in total. The van der Waals surface area contributed by atoms with Crippen molar-refractivity contribution in [2.75, 3.05) is 20.1 Å². The van der Waals surface area contributed by atoms with Gasteiger partial charge in [-0.25, -0.2) is 4.79 Å². The van der Waals surface area contributed by atoms with E-state index in [0.717, 1.165) is 32.4 Å². The Labute approximate surface area is 181 Å². The Morgan fingerprint density at radius 2 is 1.83 bits per heavy atom. The maximum Gasteiger partial charge on any atom is 0.331 e. The minimum absolute atomic E-state index is 0.0264. The number of likely N-dealkylation sites (N-methyl/N-ethyl adjacent to an activating group) is 2. The summed E-state index contributed by atoms with van der Waals surface area (Å²) in [6, 6.07) is -1.28. The quantitative estimate of drug-likeness (QED) is 0.586. The van der Waals surface area contributed by atoms with Gasteiger partial charge in [-0.3, -0.25) is 14.5 Å². The number of carboxylic acids is 1. The van der Waals surface area contributed by atoms with Crippen LogP contribution in [0.4, 0.5) is 0 Å². The van der Waals surface area contributed by atoms with Crippen molar-refractivity contribution >= 4 is 17.8 Å². The zero-order chi connectivity index (χ0) is 23.2. The molecule has 7 heteroatoms. The smallest absolute Gasteiger partial charge is 0.331 e. The number of amides is 2. The highest BCUT2D eigenvalue weighted by atomic mass is 16.4. The first-order chi connectivity index (χ1) is 13.8. The number of aliphatic carboxylic acids is 1. The molecule has 2 N–H and O–H groups in total. The summed E-state index contributed by atoms with van der Waals surface area (Å²) in [6.45, 7) is 15.0. The molecule has 1 fully saturated rings. The van der Waals surface area contributed by atoms with Gasteiger partial charge in [0.25, 0.3) is 0 Å². The van der Waals surface area contributed by atoms with Crippen LogP contribution in [0.5, 0.6) is 0 Å². The van der Waals surface area contributed by atoms with Gasteiger partial charge in [0.1, 0.15) is 6.04 Å². The normalized spacial score (nSPS) is 20.6. The van der Waals surface area contributed by atoms with Gasteiger partial charge >= 0.3 is 5.97 Å². The first-order valence-corrected chi connectivity index (χ1v) is 11.0. The molecule has 0 bridgehead atoms. The Hall–Kier alpha value is -1.89. The number of carbonyl (C=O) groups excluding carboxylic acids is 2. The van der Waals surface area contributed by atoms with Crippen molar-refractivity contribution in [1.82, 2.24) is 15.1 Å². The average molecular weight is 424 g/mol. The monoisotopic (exact) mass is 423 g/mol. The van der Waals surface area contributed by atoms with Crippen LogP contribution in [0.1, 0.15) is 67.7 Å². The number of nitrogens with one attached hydrogen (secondary N) is 1. The fourth-order valence-corrected chi connectivity index (χ4v) is 3.98. The maximum absolute atomic E-state index is 13.5. The summed E-state index contributed by atoms with van der Waals surface area (Å²) in [5, 5.41) is 12.3. The first-order valence-electron chi connectivity index (χ1n) is 11.0. The predicted octanol–water partition coefficient (Wildman–Crippen LogP) is 2.91. The molecule has 1 heterocycles. The van der Waals surface area contributed by atoms with Crippen molar-refractivity contribution in [3.05, 3.63) is 11.6 Å². The number of rotatable bonds is 8. The Kier molecular flexibility index (Phi) is 9.53. The van der Waals surface area contributed by atoms with Crippen molar-refractivity contribution in [3.8, 4) is 0 Å². The van der Waals surface area contributed by atoms with E-state index in [-0.39, 0.29) is 35.4 Å². The van der Waals surface area contributed by atoms with E-state index in [4.69, 9.17) is 0 Å². The van der Waals surface area contributed by atoms with E-state index in [0.29, 0.717) is 0 Å². The lowest BCUT2D eigenvalue weighted by Gasteiger charge is -2.39. The number of hydrogen-bond donors (Lipinski definition) is 2. The summed E-state index contributed by atoms with van der Waals surface area (Å²) in [4.78, 5) is 41.6.